The van der Waals surface area contributed by atoms with Crippen LogP contribution in [0, 0.1) is 17.5 Å². The van der Waals surface area contributed by atoms with Gasteiger partial charge in [-0.15, -0.1) is 11.3 Å². The Bertz CT molecular complexity index is 741. The summed E-state index contributed by atoms with van der Waals surface area (Å²) in [4.78, 5) is 16.5. The molecule has 128 valence electrons. The Balaban J connectivity index is 1.62. The van der Waals surface area contributed by atoms with Crippen LogP contribution in [0.1, 0.15) is 59.1 Å². The summed E-state index contributed by atoms with van der Waals surface area (Å²) in [7, 11) is 0. The number of hydrogen-bond donors (Lipinski definition) is 1. The van der Waals surface area contributed by atoms with Crippen molar-refractivity contribution in [3.05, 3.63) is 51.2 Å². The quantitative estimate of drug-likeness (QED) is 0.819. The van der Waals surface area contributed by atoms with Gasteiger partial charge in [0.05, 0.1) is 17.8 Å². The molecule has 24 heavy (non-hydrogen) atoms. The number of carbonyl (C=O) groups excluding carboxylic acids is 1. The number of rotatable bonds is 4. The molecule has 0 spiro atoms. The lowest BCUT2D eigenvalue weighted by Gasteiger charge is -2.19. The molecule has 1 aromatic carbocycles. The van der Waals surface area contributed by atoms with E-state index in [-0.39, 0.29) is 6.54 Å². The van der Waals surface area contributed by atoms with Crippen molar-refractivity contribution in [3.63, 3.8) is 0 Å². The zero-order valence-corrected chi connectivity index (χ0v) is 13.8. The molecule has 3 nitrogen and oxygen atoms in total. The average molecular weight is 354 g/mol. The van der Waals surface area contributed by atoms with Crippen molar-refractivity contribution >= 4 is 17.2 Å². The van der Waals surface area contributed by atoms with Gasteiger partial charge in [-0.05, 0) is 25.0 Å². The molecule has 1 aliphatic carbocycles. The van der Waals surface area contributed by atoms with E-state index < -0.39 is 28.9 Å². The highest BCUT2D eigenvalue weighted by molar-refractivity contribution is 7.09. The first-order valence-electron chi connectivity index (χ1n) is 7.92. The Morgan fingerprint density at radius 2 is 1.92 bits per heavy atom. The first kappa shape index (κ1) is 17.0. The van der Waals surface area contributed by atoms with E-state index in [9.17, 15) is 18.0 Å². The van der Waals surface area contributed by atoms with E-state index >= 15 is 0 Å². The van der Waals surface area contributed by atoms with Gasteiger partial charge in [-0.3, -0.25) is 4.79 Å². The normalized spacial score (nSPS) is 15.5. The van der Waals surface area contributed by atoms with Crippen molar-refractivity contribution in [2.75, 3.05) is 0 Å². The summed E-state index contributed by atoms with van der Waals surface area (Å²) in [5, 5.41) is 5.21. The van der Waals surface area contributed by atoms with Crippen molar-refractivity contribution in [1.29, 1.82) is 0 Å². The van der Waals surface area contributed by atoms with Crippen LogP contribution in [-0.2, 0) is 6.54 Å². The number of hydrogen-bond acceptors (Lipinski definition) is 3. The Hall–Kier alpha value is -1.89. The van der Waals surface area contributed by atoms with E-state index in [4.69, 9.17) is 0 Å². The van der Waals surface area contributed by atoms with Crippen LogP contribution in [0.5, 0.6) is 0 Å². The Morgan fingerprint density at radius 3 is 2.67 bits per heavy atom. The molecule has 3 rings (SSSR count). The molecule has 2 aromatic rings. The van der Waals surface area contributed by atoms with Crippen molar-refractivity contribution in [3.8, 4) is 0 Å². The first-order valence-corrected chi connectivity index (χ1v) is 8.80. The minimum absolute atomic E-state index is 0.134. The van der Waals surface area contributed by atoms with Gasteiger partial charge in [-0.25, -0.2) is 18.2 Å². The molecule has 0 saturated heterocycles. The SMILES string of the molecule is O=C(NCc1nc(C2CCCCC2)cs1)c1ccc(F)c(F)c1F. The van der Waals surface area contributed by atoms with Gasteiger partial charge >= 0.3 is 0 Å². The van der Waals surface area contributed by atoms with Gasteiger partial charge in [-0.2, -0.15) is 0 Å². The maximum Gasteiger partial charge on any atom is 0.254 e. The molecule has 1 fully saturated rings. The lowest BCUT2D eigenvalue weighted by molar-refractivity contribution is 0.0945. The molecule has 1 aliphatic rings. The molecule has 0 atom stereocenters. The number of nitrogens with one attached hydrogen (secondary N) is 1. The largest absolute Gasteiger partial charge is 0.345 e. The molecule has 0 aliphatic heterocycles. The predicted octanol–water partition coefficient (Wildman–Crippen LogP) is 4.54. The lowest BCUT2D eigenvalue weighted by atomic mass is 9.87. The number of nitrogens with zero attached hydrogens (tertiary/aromatic N) is 1. The second-order valence-corrected chi connectivity index (χ2v) is 6.85. The molecule has 7 heteroatoms. The van der Waals surface area contributed by atoms with Crippen LogP contribution in [0.3, 0.4) is 0 Å². The van der Waals surface area contributed by atoms with Crippen LogP contribution >= 0.6 is 11.3 Å². The van der Waals surface area contributed by atoms with E-state index in [0.717, 1.165) is 30.7 Å². The number of halogens is 3. The summed E-state index contributed by atoms with van der Waals surface area (Å²) >= 11 is 1.44. The number of thiazole rings is 1. The van der Waals surface area contributed by atoms with Gasteiger partial charge in [0.2, 0.25) is 0 Å². The minimum Gasteiger partial charge on any atom is -0.345 e. The van der Waals surface area contributed by atoms with Gasteiger partial charge in [0.1, 0.15) is 5.01 Å². The highest BCUT2D eigenvalue weighted by Gasteiger charge is 2.20. The second-order valence-electron chi connectivity index (χ2n) is 5.91. The highest BCUT2D eigenvalue weighted by Crippen LogP contribution is 2.33. The van der Waals surface area contributed by atoms with E-state index in [0.29, 0.717) is 10.9 Å². The van der Waals surface area contributed by atoms with E-state index in [1.165, 1.54) is 30.6 Å². The molecular weight excluding hydrogens is 337 g/mol. The van der Waals surface area contributed by atoms with E-state index in [1.54, 1.807) is 0 Å². The molecule has 1 heterocycles. The lowest BCUT2D eigenvalue weighted by Crippen LogP contribution is -2.24. The molecule has 1 saturated carbocycles. The monoisotopic (exact) mass is 354 g/mol. The Labute approximate surface area is 141 Å². The third kappa shape index (κ3) is 3.61. The predicted molar refractivity (Wildman–Crippen MR) is 85.4 cm³/mol. The minimum atomic E-state index is -1.64. The van der Waals surface area contributed by atoms with Crippen molar-refractivity contribution < 1.29 is 18.0 Å². The molecule has 0 bridgehead atoms. The summed E-state index contributed by atoms with van der Waals surface area (Å²) in [5.41, 5.74) is 0.529. The molecule has 1 N–H and O–H groups in total. The standard InChI is InChI=1S/C17H17F3N2OS/c18-12-7-6-11(15(19)16(12)20)17(23)21-8-14-22-13(9-24-14)10-4-2-1-3-5-10/h6-7,9-10H,1-5,8H2,(H,21,23). The molecule has 1 aromatic heterocycles. The zero-order chi connectivity index (χ0) is 17.1. The molecule has 1 amide bonds. The topological polar surface area (TPSA) is 42.0 Å². The van der Waals surface area contributed by atoms with E-state index in [1.807, 2.05) is 5.38 Å². The summed E-state index contributed by atoms with van der Waals surface area (Å²) in [5.74, 6) is -4.75. The van der Waals surface area contributed by atoms with Gasteiger partial charge in [-0.1, -0.05) is 19.3 Å². The highest BCUT2D eigenvalue weighted by atomic mass is 32.1. The molecule has 0 radical (unpaired) electrons. The van der Waals surface area contributed by atoms with Gasteiger partial charge in [0.15, 0.2) is 17.5 Å². The fourth-order valence-corrected chi connectivity index (χ4v) is 3.76. The maximum absolute atomic E-state index is 13.6. The summed E-state index contributed by atoms with van der Waals surface area (Å²) in [6.45, 7) is 0.134. The smallest absolute Gasteiger partial charge is 0.254 e. The van der Waals surface area contributed by atoms with Crippen LogP contribution in [0.15, 0.2) is 17.5 Å². The number of amides is 1. The molecular formula is C17H17F3N2OS. The maximum atomic E-state index is 13.6. The van der Waals surface area contributed by atoms with Crippen LogP contribution in [0.25, 0.3) is 0 Å². The summed E-state index contributed by atoms with van der Waals surface area (Å²) in [6, 6.07) is 1.66. The number of benzene rings is 1. The second kappa shape index (κ2) is 7.34. The third-order valence-corrected chi connectivity index (χ3v) is 5.14. The molecule has 0 unspecified atom stereocenters. The first-order chi connectivity index (χ1) is 11.6. The van der Waals surface area contributed by atoms with Gasteiger partial charge in [0, 0.05) is 11.3 Å². The third-order valence-electron chi connectivity index (χ3n) is 4.27. The number of carbonyl (C=O) groups is 1. The van der Waals surface area contributed by atoms with Crippen LogP contribution in [-0.4, -0.2) is 10.9 Å². The van der Waals surface area contributed by atoms with Crippen molar-refractivity contribution in [2.24, 2.45) is 0 Å². The van der Waals surface area contributed by atoms with E-state index in [2.05, 4.69) is 10.3 Å². The van der Waals surface area contributed by atoms with Crippen LogP contribution < -0.4 is 5.32 Å². The fourth-order valence-electron chi connectivity index (χ4n) is 2.94. The van der Waals surface area contributed by atoms with Crippen LogP contribution in [0.4, 0.5) is 13.2 Å². The Morgan fingerprint density at radius 1 is 1.17 bits per heavy atom. The van der Waals surface area contributed by atoms with Crippen molar-refractivity contribution in [2.45, 2.75) is 44.6 Å². The van der Waals surface area contributed by atoms with Crippen molar-refractivity contribution in [1.82, 2.24) is 10.3 Å². The fraction of sp³-hybridized carbons (Fsp3) is 0.412. The Kier molecular flexibility index (Phi) is 5.18. The zero-order valence-electron chi connectivity index (χ0n) is 12.9. The number of aromatic nitrogens is 1. The summed E-state index contributed by atoms with van der Waals surface area (Å²) in [6.07, 6.45) is 5.96. The van der Waals surface area contributed by atoms with Crippen LogP contribution in [0.2, 0.25) is 0 Å². The van der Waals surface area contributed by atoms with Gasteiger partial charge in [0.25, 0.3) is 5.91 Å². The summed E-state index contributed by atoms with van der Waals surface area (Å²) < 4.78 is 39.7. The average Bonchev–Trinajstić information content (AvgIpc) is 3.07. The van der Waals surface area contributed by atoms with Gasteiger partial charge < -0.3 is 5.32 Å².